The molecule has 1 amide bonds. The molecule has 0 radical (unpaired) electrons. The van der Waals surface area contributed by atoms with Crippen molar-refractivity contribution in [3.8, 4) is 5.75 Å². The second-order valence-corrected chi connectivity index (χ2v) is 4.78. The van der Waals surface area contributed by atoms with Gasteiger partial charge in [-0.2, -0.15) is 0 Å². The molecular formula is C16H21N3O2. The smallest absolute Gasteiger partial charge is 0.257 e. The zero-order valence-corrected chi connectivity index (χ0v) is 12.3. The van der Waals surface area contributed by atoms with Gasteiger partial charge in [0.1, 0.15) is 11.6 Å². The van der Waals surface area contributed by atoms with Crippen LogP contribution in [0.15, 0.2) is 36.7 Å². The van der Waals surface area contributed by atoms with Crippen molar-refractivity contribution in [2.75, 3.05) is 13.2 Å². The Balaban J connectivity index is 1.60. The summed E-state index contributed by atoms with van der Waals surface area (Å²) in [6, 6.07) is 7.80. The van der Waals surface area contributed by atoms with Gasteiger partial charge in [-0.25, -0.2) is 4.98 Å². The van der Waals surface area contributed by atoms with Crippen LogP contribution in [0, 0.1) is 0 Å². The summed E-state index contributed by atoms with van der Waals surface area (Å²) >= 11 is 0. The Morgan fingerprint density at radius 3 is 2.81 bits per heavy atom. The first-order chi connectivity index (χ1) is 10.3. The molecule has 0 unspecified atom stereocenters. The van der Waals surface area contributed by atoms with Crippen LogP contribution in [0.3, 0.4) is 0 Å². The van der Waals surface area contributed by atoms with E-state index in [1.54, 1.807) is 12.4 Å². The maximum atomic E-state index is 11.6. The molecule has 0 aliphatic rings. The Bertz CT molecular complexity index is 535. The first kappa shape index (κ1) is 15.1. The van der Waals surface area contributed by atoms with E-state index < -0.39 is 0 Å². The number of hydrogen-bond acceptors (Lipinski definition) is 3. The summed E-state index contributed by atoms with van der Waals surface area (Å²) in [6.07, 6.45) is 6.20. The number of H-pyrrole nitrogens is 1. The fraction of sp³-hybridized carbons (Fsp3) is 0.375. The predicted octanol–water partition coefficient (Wildman–Crippen LogP) is 2.10. The van der Waals surface area contributed by atoms with Crippen molar-refractivity contribution in [3.63, 3.8) is 0 Å². The van der Waals surface area contributed by atoms with Crippen molar-refractivity contribution in [2.45, 2.75) is 26.2 Å². The second kappa shape index (κ2) is 8.09. The van der Waals surface area contributed by atoms with Crippen molar-refractivity contribution in [3.05, 3.63) is 48.0 Å². The van der Waals surface area contributed by atoms with Gasteiger partial charge in [-0.15, -0.1) is 0 Å². The van der Waals surface area contributed by atoms with E-state index in [0.717, 1.165) is 30.8 Å². The van der Waals surface area contributed by atoms with Gasteiger partial charge in [0.05, 0.1) is 0 Å². The fourth-order valence-electron chi connectivity index (χ4n) is 1.94. The van der Waals surface area contributed by atoms with Gasteiger partial charge in [-0.3, -0.25) is 4.79 Å². The van der Waals surface area contributed by atoms with Crippen molar-refractivity contribution >= 4 is 5.91 Å². The first-order valence-corrected chi connectivity index (χ1v) is 7.24. The molecule has 0 spiro atoms. The second-order valence-electron chi connectivity index (χ2n) is 4.78. The minimum atomic E-state index is -0.103. The summed E-state index contributed by atoms with van der Waals surface area (Å²) < 4.78 is 5.44. The van der Waals surface area contributed by atoms with Crippen molar-refractivity contribution in [2.24, 2.45) is 0 Å². The Kier molecular flexibility index (Phi) is 5.82. The monoisotopic (exact) mass is 287 g/mol. The number of carbonyl (C=O) groups is 1. The predicted molar refractivity (Wildman–Crippen MR) is 81.2 cm³/mol. The average Bonchev–Trinajstić information content (AvgIpc) is 3.03. The highest BCUT2D eigenvalue weighted by molar-refractivity contribution is 5.77. The Hall–Kier alpha value is -2.30. The Morgan fingerprint density at radius 2 is 2.14 bits per heavy atom. The summed E-state index contributed by atoms with van der Waals surface area (Å²) in [5.41, 5.74) is 1.25. The number of aryl methyl sites for hydroxylation is 2. The lowest BCUT2D eigenvalue weighted by Gasteiger charge is -2.07. The van der Waals surface area contributed by atoms with Crippen LogP contribution < -0.4 is 10.1 Å². The molecule has 112 valence electrons. The van der Waals surface area contributed by atoms with Crippen LogP contribution in [-0.4, -0.2) is 29.0 Å². The summed E-state index contributed by atoms with van der Waals surface area (Å²) in [5.74, 6) is 1.56. The third-order valence-corrected chi connectivity index (χ3v) is 3.17. The number of aromatic amines is 1. The van der Waals surface area contributed by atoms with E-state index in [4.69, 9.17) is 4.74 Å². The molecule has 0 saturated heterocycles. The zero-order valence-electron chi connectivity index (χ0n) is 12.3. The molecule has 21 heavy (non-hydrogen) atoms. The molecule has 1 aromatic heterocycles. The van der Waals surface area contributed by atoms with Crippen molar-refractivity contribution in [1.82, 2.24) is 15.3 Å². The first-order valence-electron chi connectivity index (χ1n) is 7.24. The van der Waals surface area contributed by atoms with Gasteiger partial charge in [-0.05, 0) is 30.5 Å². The third-order valence-electron chi connectivity index (χ3n) is 3.17. The van der Waals surface area contributed by atoms with E-state index in [9.17, 15) is 4.79 Å². The van der Waals surface area contributed by atoms with Crippen LogP contribution in [-0.2, 0) is 17.6 Å². The number of aromatic nitrogens is 2. The van der Waals surface area contributed by atoms with Crippen molar-refractivity contribution < 1.29 is 9.53 Å². The minimum absolute atomic E-state index is 0.0478. The van der Waals surface area contributed by atoms with Crippen LogP contribution in [0.25, 0.3) is 0 Å². The van der Waals surface area contributed by atoms with Gasteiger partial charge < -0.3 is 15.0 Å². The molecular weight excluding hydrogens is 266 g/mol. The lowest BCUT2D eigenvalue weighted by Crippen LogP contribution is -2.29. The number of hydrogen-bond donors (Lipinski definition) is 2. The number of nitrogens with one attached hydrogen (secondary N) is 2. The van der Waals surface area contributed by atoms with E-state index in [1.807, 2.05) is 24.3 Å². The van der Waals surface area contributed by atoms with E-state index in [1.165, 1.54) is 5.56 Å². The lowest BCUT2D eigenvalue weighted by molar-refractivity contribution is -0.123. The highest BCUT2D eigenvalue weighted by Gasteiger charge is 2.03. The molecule has 0 bridgehead atoms. The molecule has 0 fully saturated rings. The Morgan fingerprint density at radius 1 is 1.33 bits per heavy atom. The standard InChI is InChI=1S/C16H21N3O2/c1-2-13-5-7-14(8-6-13)21-12-16(20)19-9-3-4-15-17-10-11-18-15/h5-8,10-11H,2-4,9,12H2,1H3,(H,17,18)(H,19,20). The molecule has 1 heterocycles. The van der Waals surface area contributed by atoms with E-state index in [0.29, 0.717) is 6.54 Å². The lowest BCUT2D eigenvalue weighted by atomic mass is 10.2. The SMILES string of the molecule is CCc1ccc(OCC(=O)NCCCc2ncc[nH]2)cc1. The topological polar surface area (TPSA) is 67.0 Å². The summed E-state index contributed by atoms with van der Waals surface area (Å²) in [6.45, 7) is 2.77. The molecule has 5 heteroatoms. The molecule has 2 N–H and O–H groups in total. The van der Waals surface area contributed by atoms with E-state index in [-0.39, 0.29) is 12.5 Å². The molecule has 0 atom stereocenters. The zero-order chi connectivity index (χ0) is 14.9. The minimum Gasteiger partial charge on any atom is -0.484 e. The number of amides is 1. The van der Waals surface area contributed by atoms with Gasteiger partial charge in [0.2, 0.25) is 0 Å². The number of ether oxygens (including phenoxy) is 1. The highest BCUT2D eigenvalue weighted by Crippen LogP contribution is 2.12. The van der Waals surface area contributed by atoms with Crippen molar-refractivity contribution in [1.29, 1.82) is 0 Å². The summed E-state index contributed by atoms with van der Waals surface area (Å²) in [5, 5.41) is 2.83. The van der Waals surface area contributed by atoms with Gasteiger partial charge in [0.25, 0.3) is 5.91 Å². The molecule has 0 aliphatic carbocycles. The van der Waals surface area contributed by atoms with E-state index >= 15 is 0 Å². The summed E-state index contributed by atoms with van der Waals surface area (Å²) in [7, 11) is 0. The maximum Gasteiger partial charge on any atom is 0.257 e. The maximum absolute atomic E-state index is 11.6. The van der Waals surface area contributed by atoms with Crippen LogP contribution in [0.2, 0.25) is 0 Å². The number of benzene rings is 1. The van der Waals surface area contributed by atoms with Gasteiger partial charge >= 0.3 is 0 Å². The van der Waals surface area contributed by atoms with E-state index in [2.05, 4.69) is 22.2 Å². The molecule has 1 aromatic carbocycles. The number of nitrogens with zero attached hydrogens (tertiary/aromatic N) is 1. The molecule has 0 aliphatic heterocycles. The number of imidazole rings is 1. The Labute approximate surface area is 124 Å². The van der Waals surface area contributed by atoms with Gasteiger partial charge in [0.15, 0.2) is 6.61 Å². The largest absolute Gasteiger partial charge is 0.484 e. The van der Waals surface area contributed by atoms with Crippen LogP contribution in [0.4, 0.5) is 0 Å². The molecule has 5 nitrogen and oxygen atoms in total. The third kappa shape index (κ3) is 5.30. The quantitative estimate of drug-likeness (QED) is 0.731. The van der Waals surface area contributed by atoms with Gasteiger partial charge in [0, 0.05) is 25.4 Å². The molecule has 2 rings (SSSR count). The molecule has 0 saturated carbocycles. The molecule has 2 aromatic rings. The van der Waals surface area contributed by atoms with Crippen LogP contribution in [0.1, 0.15) is 24.7 Å². The average molecular weight is 287 g/mol. The summed E-state index contributed by atoms with van der Waals surface area (Å²) in [4.78, 5) is 18.8. The number of rotatable bonds is 8. The highest BCUT2D eigenvalue weighted by atomic mass is 16.5. The number of carbonyl (C=O) groups excluding carboxylic acids is 1. The fourth-order valence-corrected chi connectivity index (χ4v) is 1.94. The van der Waals surface area contributed by atoms with Gasteiger partial charge in [-0.1, -0.05) is 19.1 Å². The van der Waals surface area contributed by atoms with Crippen LogP contribution in [0.5, 0.6) is 5.75 Å². The normalized spacial score (nSPS) is 10.3. The van der Waals surface area contributed by atoms with Crippen LogP contribution >= 0.6 is 0 Å².